The van der Waals surface area contributed by atoms with Gasteiger partial charge >= 0.3 is 7.12 Å². The van der Waals surface area contributed by atoms with E-state index in [4.69, 9.17) is 9.07 Å². The van der Waals surface area contributed by atoms with E-state index in [1.54, 1.807) is 40.0 Å². The van der Waals surface area contributed by atoms with Crippen molar-refractivity contribution in [2.45, 2.75) is 45.8 Å². The third kappa shape index (κ3) is 3.40. The fourth-order valence-electron chi connectivity index (χ4n) is 1.96. The van der Waals surface area contributed by atoms with Crippen molar-refractivity contribution in [1.29, 1.82) is 0 Å². The molecular weight excluding hydrogens is 281 g/mol. The first-order valence-electron chi connectivity index (χ1n) is 7.19. The Balaban J connectivity index is 2.22. The molecule has 0 aliphatic rings. The second kappa shape index (κ2) is 5.87. The monoisotopic (exact) mass is 303 g/mol. The van der Waals surface area contributed by atoms with Crippen molar-refractivity contribution in [2.75, 3.05) is 0 Å². The second-order valence-electron chi connectivity index (χ2n) is 6.48. The summed E-state index contributed by atoms with van der Waals surface area (Å²) < 4.78 is 10.9. The number of hydrogen-bond acceptors (Lipinski definition) is 5. The van der Waals surface area contributed by atoms with Gasteiger partial charge in [-0.2, -0.15) is 0 Å². The van der Waals surface area contributed by atoms with E-state index in [1.165, 1.54) is 6.39 Å². The van der Waals surface area contributed by atoms with Crippen LogP contribution in [0, 0.1) is 6.92 Å². The average Bonchev–Trinajstić information content (AvgIpc) is 2.90. The Hall–Kier alpha value is -1.63. The topological polar surface area (TPSA) is 75.7 Å². The Kier molecular flexibility index (Phi) is 4.47. The highest BCUT2D eigenvalue weighted by atomic mass is 16.5. The molecule has 0 aliphatic heterocycles. The average molecular weight is 303 g/mol. The maximum absolute atomic E-state index is 10.3. The van der Waals surface area contributed by atoms with Crippen LogP contribution in [-0.4, -0.2) is 33.4 Å². The zero-order valence-corrected chi connectivity index (χ0v) is 13.6. The Labute approximate surface area is 131 Å². The van der Waals surface area contributed by atoms with Crippen molar-refractivity contribution in [1.82, 2.24) is 4.98 Å². The van der Waals surface area contributed by atoms with Gasteiger partial charge in [0, 0.05) is 5.56 Å². The van der Waals surface area contributed by atoms with Gasteiger partial charge in [0.05, 0.1) is 17.4 Å². The van der Waals surface area contributed by atoms with Crippen molar-refractivity contribution in [3.05, 3.63) is 36.4 Å². The SMILES string of the molecule is Cc1cc(B(O)OC(C)(C)C(C)(C)O)ccc1-c1cnco1. The Morgan fingerprint density at radius 2 is 1.91 bits per heavy atom. The van der Waals surface area contributed by atoms with Gasteiger partial charge in [0.25, 0.3) is 0 Å². The van der Waals surface area contributed by atoms with Crippen LogP contribution in [0.4, 0.5) is 0 Å². The van der Waals surface area contributed by atoms with Gasteiger partial charge in [-0.05, 0) is 45.6 Å². The number of oxazole rings is 1. The van der Waals surface area contributed by atoms with Crippen molar-refractivity contribution in [2.24, 2.45) is 0 Å². The van der Waals surface area contributed by atoms with E-state index < -0.39 is 18.3 Å². The summed E-state index contributed by atoms with van der Waals surface area (Å²) in [5.41, 5.74) is 0.499. The molecule has 0 saturated heterocycles. The molecule has 0 amide bonds. The summed E-state index contributed by atoms with van der Waals surface area (Å²) in [5, 5.41) is 20.4. The predicted molar refractivity (Wildman–Crippen MR) is 85.7 cm³/mol. The molecule has 0 atom stereocenters. The third-order valence-corrected chi connectivity index (χ3v) is 4.11. The van der Waals surface area contributed by atoms with Crippen LogP contribution >= 0.6 is 0 Å². The fraction of sp³-hybridized carbons (Fsp3) is 0.438. The van der Waals surface area contributed by atoms with Crippen LogP contribution in [0.1, 0.15) is 33.3 Å². The molecule has 0 unspecified atom stereocenters. The molecule has 1 aromatic carbocycles. The zero-order chi connectivity index (χ0) is 16.5. The largest absolute Gasteiger partial charge is 0.491 e. The second-order valence-corrected chi connectivity index (χ2v) is 6.48. The van der Waals surface area contributed by atoms with Crippen LogP contribution in [0.25, 0.3) is 11.3 Å². The minimum Gasteiger partial charge on any atom is -0.444 e. The number of nitrogens with zero attached hydrogens (tertiary/aromatic N) is 1. The van der Waals surface area contributed by atoms with Crippen LogP contribution in [0.2, 0.25) is 0 Å². The lowest BCUT2D eigenvalue weighted by atomic mass is 9.75. The van der Waals surface area contributed by atoms with E-state index in [0.717, 1.165) is 11.1 Å². The van der Waals surface area contributed by atoms with Crippen LogP contribution in [0.3, 0.4) is 0 Å². The van der Waals surface area contributed by atoms with E-state index in [0.29, 0.717) is 11.2 Å². The van der Waals surface area contributed by atoms with Gasteiger partial charge in [-0.25, -0.2) is 4.98 Å². The Morgan fingerprint density at radius 1 is 1.23 bits per heavy atom. The molecule has 0 radical (unpaired) electrons. The lowest BCUT2D eigenvalue weighted by molar-refractivity contribution is -0.0982. The van der Waals surface area contributed by atoms with Gasteiger partial charge in [-0.3, -0.25) is 0 Å². The van der Waals surface area contributed by atoms with Crippen molar-refractivity contribution >= 4 is 12.6 Å². The van der Waals surface area contributed by atoms with Crippen LogP contribution in [0.15, 0.2) is 35.2 Å². The molecule has 0 saturated carbocycles. The predicted octanol–water partition coefficient (Wildman–Crippen LogP) is 1.90. The van der Waals surface area contributed by atoms with E-state index in [9.17, 15) is 10.1 Å². The number of aryl methyl sites for hydroxylation is 1. The molecule has 0 spiro atoms. The summed E-state index contributed by atoms with van der Waals surface area (Å²) in [6.07, 6.45) is 3.03. The van der Waals surface area contributed by atoms with E-state index >= 15 is 0 Å². The smallest absolute Gasteiger partial charge is 0.444 e. The van der Waals surface area contributed by atoms with Crippen molar-refractivity contribution in [3.8, 4) is 11.3 Å². The van der Waals surface area contributed by atoms with Gasteiger partial charge < -0.3 is 19.2 Å². The molecule has 0 aliphatic carbocycles. The molecular formula is C16H22BNO4. The van der Waals surface area contributed by atoms with Crippen molar-refractivity contribution in [3.63, 3.8) is 0 Å². The standard InChI is InChI=1S/C16H22BNO4/c1-11-8-12(6-7-13(11)14-9-18-10-21-14)17(20)22-16(4,5)15(2,3)19/h6-10,19-20H,1-5H3. The molecule has 1 aromatic heterocycles. The summed E-state index contributed by atoms with van der Waals surface area (Å²) in [5.74, 6) is 0.677. The maximum atomic E-state index is 10.3. The Bertz CT molecular complexity index is 632. The molecule has 2 rings (SSSR count). The minimum atomic E-state index is -1.12. The Morgan fingerprint density at radius 3 is 2.41 bits per heavy atom. The number of benzene rings is 1. The highest BCUT2D eigenvalue weighted by Crippen LogP contribution is 2.26. The zero-order valence-electron chi connectivity index (χ0n) is 13.6. The number of aliphatic hydroxyl groups is 1. The maximum Gasteiger partial charge on any atom is 0.491 e. The summed E-state index contributed by atoms with van der Waals surface area (Å²) in [7, 11) is -1.12. The minimum absolute atomic E-state index is 0.623. The van der Waals surface area contributed by atoms with Crippen LogP contribution in [0.5, 0.6) is 0 Å². The summed E-state index contributed by atoms with van der Waals surface area (Å²) in [6.45, 7) is 8.71. The van der Waals surface area contributed by atoms with Gasteiger partial charge in [0.2, 0.25) is 0 Å². The molecule has 22 heavy (non-hydrogen) atoms. The normalized spacial score (nSPS) is 12.5. The molecule has 2 N–H and O–H groups in total. The molecule has 2 aromatic rings. The molecule has 1 heterocycles. The summed E-state index contributed by atoms with van der Waals surface area (Å²) in [4.78, 5) is 3.90. The molecule has 6 heteroatoms. The van der Waals surface area contributed by atoms with Gasteiger partial charge in [0.15, 0.2) is 12.2 Å². The van der Waals surface area contributed by atoms with Gasteiger partial charge in [-0.15, -0.1) is 0 Å². The first-order chi connectivity index (χ1) is 10.1. The lowest BCUT2D eigenvalue weighted by Crippen LogP contribution is -2.53. The first-order valence-corrected chi connectivity index (χ1v) is 7.19. The quantitative estimate of drug-likeness (QED) is 0.825. The third-order valence-electron chi connectivity index (χ3n) is 4.11. The van der Waals surface area contributed by atoms with Crippen LogP contribution < -0.4 is 5.46 Å². The summed E-state index contributed by atoms with van der Waals surface area (Å²) >= 11 is 0. The van der Waals surface area contributed by atoms with E-state index in [2.05, 4.69) is 4.98 Å². The number of aromatic nitrogens is 1. The first kappa shape index (κ1) is 16.7. The van der Waals surface area contributed by atoms with Crippen molar-refractivity contribution < 1.29 is 19.2 Å². The lowest BCUT2D eigenvalue weighted by Gasteiger charge is -2.38. The van der Waals surface area contributed by atoms with Crippen LogP contribution in [-0.2, 0) is 4.65 Å². The fourth-order valence-corrected chi connectivity index (χ4v) is 1.96. The molecule has 0 fully saturated rings. The highest BCUT2D eigenvalue weighted by Gasteiger charge is 2.39. The molecule has 118 valence electrons. The highest BCUT2D eigenvalue weighted by molar-refractivity contribution is 6.60. The van der Waals surface area contributed by atoms with E-state index in [-0.39, 0.29) is 0 Å². The summed E-state index contributed by atoms with van der Waals surface area (Å²) in [6, 6.07) is 5.47. The number of rotatable bonds is 5. The number of hydrogen-bond donors (Lipinski definition) is 2. The van der Waals surface area contributed by atoms with Gasteiger partial charge in [-0.1, -0.05) is 18.2 Å². The molecule has 0 bridgehead atoms. The molecule has 5 nitrogen and oxygen atoms in total. The van der Waals surface area contributed by atoms with E-state index in [1.807, 2.05) is 19.1 Å². The van der Waals surface area contributed by atoms with Gasteiger partial charge in [0.1, 0.15) is 0 Å².